The Morgan fingerprint density at radius 1 is 1.12 bits per heavy atom. The van der Waals surface area contributed by atoms with Gasteiger partial charge in [-0.2, -0.15) is 13.2 Å². The highest BCUT2D eigenvalue weighted by Gasteiger charge is 2.35. The fraction of sp³-hybridized carbons (Fsp3) is 0.333. The first-order chi connectivity index (χ1) is 7.23. The Morgan fingerprint density at radius 2 is 1.69 bits per heavy atom. The number of aliphatic hydroxyl groups is 1. The van der Waals surface area contributed by atoms with E-state index < -0.39 is 35.6 Å². The Hall–Kier alpha value is -1.24. The van der Waals surface area contributed by atoms with Crippen LogP contribution in [0, 0.1) is 5.82 Å². The summed E-state index contributed by atoms with van der Waals surface area (Å²) in [5.41, 5.74) is -2.35. The third kappa shape index (κ3) is 2.66. The van der Waals surface area contributed by atoms with Gasteiger partial charge in [-0.1, -0.05) is 6.07 Å². The SMILES string of the molecule is OC(c1ccc(F)c(C(F)(F)F)c1)C(F)F. The molecule has 0 saturated heterocycles. The Balaban J connectivity index is 3.18. The molecule has 0 heterocycles. The first-order valence-corrected chi connectivity index (χ1v) is 4.06. The van der Waals surface area contributed by atoms with E-state index in [4.69, 9.17) is 5.11 Å². The van der Waals surface area contributed by atoms with Crippen molar-refractivity contribution in [2.75, 3.05) is 0 Å². The summed E-state index contributed by atoms with van der Waals surface area (Å²) in [5, 5.41) is 8.84. The minimum absolute atomic E-state index is 0.173. The molecule has 0 fully saturated rings. The average Bonchev–Trinajstić information content (AvgIpc) is 2.15. The molecular weight excluding hydrogens is 238 g/mol. The summed E-state index contributed by atoms with van der Waals surface area (Å²) >= 11 is 0. The van der Waals surface area contributed by atoms with Crippen LogP contribution >= 0.6 is 0 Å². The third-order valence-corrected chi connectivity index (χ3v) is 1.88. The number of benzene rings is 1. The van der Waals surface area contributed by atoms with Crippen molar-refractivity contribution >= 4 is 0 Å². The van der Waals surface area contributed by atoms with Crippen LogP contribution in [-0.4, -0.2) is 11.5 Å². The van der Waals surface area contributed by atoms with Gasteiger partial charge in [-0.05, 0) is 17.7 Å². The quantitative estimate of drug-likeness (QED) is 0.792. The van der Waals surface area contributed by atoms with E-state index in [1.165, 1.54) is 0 Å². The smallest absolute Gasteiger partial charge is 0.382 e. The van der Waals surface area contributed by atoms with E-state index >= 15 is 0 Å². The molecule has 0 bridgehead atoms. The normalized spacial score (nSPS) is 14.2. The molecule has 0 spiro atoms. The van der Waals surface area contributed by atoms with Gasteiger partial charge in [0.15, 0.2) is 0 Å². The molecule has 1 N–H and O–H groups in total. The molecule has 16 heavy (non-hydrogen) atoms. The van der Waals surface area contributed by atoms with Gasteiger partial charge in [0, 0.05) is 0 Å². The van der Waals surface area contributed by atoms with Crippen molar-refractivity contribution in [3.63, 3.8) is 0 Å². The molecule has 1 unspecified atom stereocenters. The van der Waals surface area contributed by atoms with E-state index in [-0.39, 0.29) is 6.07 Å². The molecule has 0 aliphatic carbocycles. The first kappa shape index (κ1) is 12.8. The number of halogens is 6. The highest BCUT2D eigenvalue weighted by Crippen LogP contribution is 2.33. The molecule has 0 aliphatic heterocycles. The largest absolute Gasteiger partial charge is 0.419 e. The molecule has 90 valence electrons. The molecule has 1 aromatic rings. The van der Waals surface area contributed by atoms with Gasteiger partial charge in [0.25, 0.3) is 6.43 Å². The summed E-state index contributed by atoms with van der Waals surface area (Å²) in [5.74, 6) is -1.57. The second-order valence-corrected chi connectivity index (χ2v) is 3.02. The minimum Gasteiger partial charge on any atom is -0.382 e. The maximum Gasteiger partial charge on any atom is 0.419 e. The fourth-order valence-corrected chi connectivity index (χ4v) is 1.09. The van der Waals surface area contributed by atoms with E-state index in [1.807, 2.05) is 0 Å². The van der Waals surface area contributed by atoms with Crippen LogP contribution in [0.2, 0.25) is 0 Å². The van der Waals surface area contributed by atoms with E-state index in [2.05, 4.69) is 0 Å². The summed E-state index contributed by atoms with van der Waals surface area (Å²) in [6.45, 7) is 0. The first-order valence-electron chi connectivity index (χ1n) is 4.06. The topological polar surface area (TPSA) is 20.2 Å². The standard InChI is InChI=1S/C9H6F6O/c10-6-2-1-4(7(16)8(11)12)3-5(6)9(13,14)15/h1-3,7-8,16H. The molecule has 1 aromatic carbocycles. The van der Waals surface area contributed by atoms with Crippen molar-refractivity contribution in [1.82, 2.24) is 0 Å². The molecule has 1 atom stereocenters. The summed E-state index contributed by atoms with van der Waals surface area (Å²) in [6.07, 6.45) is -10.6. The van der Waals surface area contributed by atoms with Crippen LogP contribution in [0.4, 0.5) is 26.3 Å². The van der Waals surface area contributed by atoms with Gasteiger partial charge in [0.1, 0.15) is 11.9 Å². The second kappa shape index (κ2) is 4.32. The molecule has 0 aliphatic rings. The van der Waals surface area contributed by atoms with Crippen LogP contribution in [-0.2, 0) is 6.18 Å². The average molecular weight is 244 g/mol. The van der Waals surface area contributed by atoms with Crippen LogP contribution in [0.5, 0.6) is 0 Å². The van der Waals surface area contributed by atoms with E-state index in [1.54, 1.807) is 0 Å². The Morgan fingerprint density at radius 3 is 2.12 bits per heavy atom. The Labute approximate surface area is 86.3 Å². The minimum atomic E-state index is -4.98. The van der Waals surface area contributed by atoms with Gasteiger partial charge in [-0.3, -0.25) is 0 Å². The maximum atomic E-state index is 12.7. The molecule has 1 nitrogen and oxygen atoms in total. The zero-order valence-corrected chi connectivity index (χ0v) is 7.60. The summed E-state index contributed by atoms with van der Waals surface area (Å²) in [6, 6.07) is 1.25. The monoisotopic (exact) mass is 244 g/mol. The summed E-state index contributed by atoms with van der Waals surface area (Å²) < 4.78 is 73.3. The highest BCUT2D eigenvalue weighted by atomic mass is 19.4. The Kier molecular flexibility index (Phi) is 3.47. The number of hydrogen-bond acceptors (Lipinski definition) is 1. The van der Waals surface area contributed by atoms with E-state index in [0.29, 0.717) is 12.1 Å². The van der Waals surface area contributed by atoms with Crippen LogP contribution in [0.15, 0.2) is 18.2 Å². The third-order valence-electron chi connectivity index (χ3n) is 1.88. The van der Waals surface area contributed by atoms with Gasteiger partial charge in [-0.25, -0.2) is 13.2 Å². The lowest BCUT2D eigenvalue weighted by molar-refractivity contribution is -0.140. The van der Waals surface area contributed by atoms with Crippen molar-refractivity contribution < 1.29 is 31.4 Å². The van der Waals surface area contributed by atoms with Gasteiger partial charge >= 0.3 is 6.18 Å². The number of hydrogen-bond donors (Lipinski definition) is 1. The molecule has 7 heteroatoms. The number of rotatable bonds is 2. The van der Waals surface area contributed by atoms with Crippen LogP contribution in [0.1, 0.15) is 17.2 Å². The molecule has 0 aromatic heterocycles. The lowest BCUT2D eigenvalue weighted by atomic mass is 10.1. The van der Waals surface area contributed by atoms with Crippen molar-refractivity contribution in [1.29, 1.82) is 0 Å². The molecule has 0 amide bonds. The lowest BCUT2D eigenvalue weighted by Gasteiger charge is -2.13. The molecule has 1 rings (SSSR count). The van der Waals surface area contributed by atoms with Crippen LogP contribution in [0.3, 0.4) is 0 Å². The van der Waals surface area contributed by atoms with Gasteiger partial charge in [0.2, 0.25) is 0 Å². The number of alkyl halides is 5. The van der Waals surface area contributed by atoms with E-state index in [9.17, 15) is 26.3 Å². The number of aliphatic hydroxyl groups excluding tert-OH is 1. The van der Waals surface area contributed by atoms with Crippen LogP contribution < -0.4 is 0 Å². The second-order valence-electron chi connectivity index (χ2n) is 3.02. The van der Waals surface area contributed by atoms with Crippen molar-refractivity contribution in [3.05, 3.63) is 35.1 Å². The van der Waals surface area contributed by atoms with Crippen molar-refractivity contribution in [2.24, 2.45) is 0 Å². The van der Waals surface area contributed by atoms with Crippen molar-refractivity contribution in [2.45, 2.75) is 18.7 Å². The predicted molar refractivity (Wildman–Crippen MR) is 42.4 cm³/mol. The van der Waals surface area contributed by atoms with Crippen molar-refractivity contribution in [3.8, 4) is 0 Å². The van der Waals surface area contributed by atoms with Gasteiger partial charge in [0.05, 0.1) is 5.56 Å². The zero-order valence-electron chi connectivity index (χ0n) is 7.60. The molecule has 0 radical (unpaired) electrons. The zero-order chi connectivity index (χ0) is 12.5. The van der Waals surface area contributed by atoms with Gasteiger partial charge in [-0.15, -0.1) is 0 Å². The molecular formula is C9H6F6O. The summed E-state index contributed by atoms with van der Waals surface area (Å²) in [4.78, 5) is 0. The maximum absolute atomic E-state index is 12.7. The van der Waals surface area contributed by atoms with Crippen LogP contribution in [0.25, 0.3) is 0 Å². The fourth-order valence-electron chi connectivity index (χ4n) is 1.09. The Bertz CT molecular complexity index is 373. The summed E-state index contributed by atoms with van der Waals surface area (Å²) in [7, 11) is 0. The lowest BCUT2D eigenvalue weighted by Crippen LogP contribution is -2.13. The van der Waals surface area contributed by atoms with Gasteiger partial charge < -0.3 is 5.11 Å². The predicted octanol–water partition coefficient (Wildman–Crippen LogP) is 3.14. The molecule has 0 saturated carbocycles. The highest BCUT2D eigenvalue weighted by molar-refractivity contribution is 5.29. The van der Waals surface area contributed by atoms with E-state index in [0.717, 1.165) is 0 Å².